The number of methoxy groups -OCH3 is 2. The summed E-state index contributed by atoms with van der Waals surface area (Å²) >= 11 is 0. The number of nitrogens with one attached hydrogen (secondary N) is 6. The zero-order chi connectivity index (χ0) is 49.0. The molecule has 70 heavy (non-hydrogen) atoms. The van der Waals surface area contributed by atoms with Crippen molar-refractivity contribution in [3.63, 3.8) is 0 Å². The molecule has 14 nitrogen and oxygen atoms in total. The second-order valence-corrected chi connectivity index (χ2v) is 16.8. The molecule has 354 valence electrons. The molecular formula is C56H52N6O8. The van der Waals surface area contributed by atoms with Crippen LogP contribution in [0.1, 0.15) is 43.0 Å². The number of carbonyl (C=O) groups excluding carboxylic acids is 6. The summed E-state index contributed by atoms with van der Waals surface area (Å²) in [6.45, 7) is 0. The third kappa shape index (κ3) is 11.3. The van der Waals surface area contributed by atoms with Gasteiger partial charge < -0.3 is 40.7 Å². The lowest BCUT2D eigenvalue weighted by molar-refractivity contribution is -0.145. The maximum Gasteiger partial charge on any atom is 0.328 e. The summed E-state index contributed by atoms with van der Waals surface area (Å²) in [6.07, 6.45) is 4.00. The third-order valence-corrected chi connectivity index (χ3v) is 12.2. The van der Waals surface area contributed by atoms with Gasteiger partial charge in [0.1, 0.15) is 24.2 Å². The van der Waals surface area contributed by atoms with Gasteiger partial charge in [-0.25, -0.2) is 9.59 Å². The van der Waals surface area contributed by atoms with Gasteiger partial charge in [0.25, 0.3) is 11.8 Å². The molecule has 8 aromatic rings. The molecule has 0 unspecified atom stereocenters. The van der Waals surface area contributed by atoms with Gasteiger partial charge in [-0.15, -0.1) is 0 Å². The molecule has 0 aliphatic heterocycles. The van der Waals surface area contributed by atoms with Gasteiger partial charge in [0.2, 0.25) is 11.8 Å². The van der Waals surface area contributed by atoms with Gasteiger partial charge in [-0.2, -0.15) is 0 Å². The standard InChI is InChI=1S/C56H52N6O8/c1-69-55(67)49(31-37-33-57-45-27-15-13-21-39(37)45)61-53(65)47(29-35-17-5-3-6-18-35)59-51(63)43-25-11-9-23-41(43)42-24-10-12-26-44(42)52(64)60-48(30-36-19-7-4-8-20-36)54(66)62-50(56(68)70-2)32-38-34-58-46-28-16-14-22-40(38)46/h3-28,33-34,47-50,57-58H,29-32H2,1-2H3,(H,59,63)(H,60,64)(H,61,65)(H,62,66)/t47-,48-,49-,50-/m0/s1. The van der Waals surface area contributed by atoms with E-state index in [1.807, 2.05) is 109 Å². The number of rotatable bonds is 19. The summed E-state index contributed by atoms with van der Waals surface area (Å²) in [5.74, 6) is -3.74. The minimum atomic E-state index is -1.15. The Kier molecular flexibility index (Phi) is 15.2. The van der Waals surface area contributed by atoms with Crippen molar-refractivity contribution in [2.24, 2.45) is 0 Å². The molecule has 2 heterocycles. The zero-order valence-corrected chi connectivity index (χ0v) is 38.6. The molecule has 0 fully saturated rings. The van der Waals surface area contributed by atoms with Crippen molar-refractivity contribution >= 4 is 57.4 Å². The summed E-state index contributed by atoms with van der Waals surface area (Å²) in [7, 11) is 2.50. The zero-order valence-electron chi connectivity index (χ0n) is 38.6. The Hall–Kier alpha value is -8.78. The first kappa shape index (κ1) is 47.7. The first-order valence-corrected chi connectivity index (χ1v) is 22.8. The number of ether oxygens (including phenoxy) is 2. The van der Waals surface area contributed by atoms with Gasteiger partial charge in [-0.3, -0.25) is 19.2 Å². The van der Waals surface area contributed by atoms with Crippen LogP contribution in [0.15, 0.2) is 170 Å². The van der Waals surface area contributed by atoms with Crippen molar-refractivity contribution in [2.75, 3.05) is 14.2 Å². The molecule has 0 saturated heterocycles. The van der Waals surface area contributed by atoms with Crippen molar-refractivity contribution in [3.05, 3.63) is 203 Å². The fraction of sp³-hybridized carbons (Fsp3) is 0.179. The number of benzene rings is 6. The van der Waals surface area contributed by atoms with E-state index in [9.17, 15) is 28.8 Å². The van der Waals surface area contributed by atoms with Crippen LogP contribution >= 0.6 is 0 Å². The molecular weight excluding hydrogens is 885 g/mol. The molecule has 4 amide bonds. The Morgan fingerprint density at radius 1 is 0.414 bits per heavy atom. The summed E-state index contributed by atoms with van der Waals surface area (Å²) < 4.78 is 10.2. The first-order valence-electron chi connectivity index (χ1n) is 22.8. The highest BCUT2D eigenvalue weighted by Crippen LogP contribution is 2.28. The number of hydrogen-bond acceptors (Lipinski definition) is 8. The van der Waals surface area contributed by atoms with E-state index in [2.05, 4.69) is 31.2 Å². The monoisotopic (exact) mass is 936 g/mol. The van der Waals surface area contributed by atoms with Crippen molar-refractivity contribution in [1.82, 2.24) is 31.2 Å². The van der Waals surface area contributed by atoms with E-state index in [1.165, 1.54) is 14.2 Å². The van der Waals surface area contributed by atoms with Crippen LogP contribution in [0, 0.1) is 0 Å². The fourth-order valence-electron chi connectivity index (χ4n) is 8.68. The van der Waals surface area contributed by atoms with Crippen molar-refractivity contribution in [3.8, 4) is 11.1 Å². The van der Waals surface area contributed by atoms with Gasteiger partial charge in [0, 0.05) is 71.0 Å². The molecule has 0 saturated carbocycles. The highest BCUT2D eigenvalue weighted by molar-refractivity contribution is 6.08. The average molecular weight is 937 g/mol. The van der Waals surface area contributed by atoms with E-state index in [-0.39, 0.29) is 36.8 Å². The summed E-state index contributed by atoms with van der Waals surface area (Å²) in [5.41, 5.74) is 5.94. The maximum atomic E-state index is 14.6. The molecule has 2 aromatic heterocycles. The molecule has 0 aliphatic carbocycles. The molecule has 0 aliphatic rings. The number of para-hydroxylation sites is 2. The number of carbonyl (C=O) groups is 6. The van der Waals surface area contributed by atoms with Crippen LogP contribution in [0.4, 0.5) is 0 Å². The lowest BCUT2D eigenvalue weighted by atomic mass is 9.93. The minimum absolute atomic E-state index is 0.0873. The van der Waals surface area contributed by atoms with Crippen LogP contribution in [0.5, 0.6) is 0 Å². The van der Waals surface area contributed by atoms with Crippen LogP contribution in [0.3, 0.4) is 0 Å². The predicted octanol–water partition coefficient (Wildman–Crippen LogP) is 6.80. The first-order chi connectivity index (χ1) is 34.1. The number of fused-ring (bicyclic) bond motifs is 2. The number of aromatic nitrogens is 2. The predicted molar refractivity (Wildman–Crippen MR) is 267 cm³/mol. The van der Waals surface area contributed by atoms with E-state index in [4.69, 9.17) is 9.47 Å². The Labute approximate surface area is 404 Å². The Morgan fingerprint density at radius 3 is 1.17 bits per heavy atom. The molecule has 8 rings (SSSR count). The molecule has 14 heteroatoms. The third-order valence-electron chi connectivity index (χ3n) is 12.2. The number of esters is 2. The molecule has 6 aromatic carbocycles. The number of aromatic amines is 2. The van der Waals surface area contributed by atoms with Crippen molar-refractivity contribution in [2.45, 2.75) is 49.9 Å². The molecule has 0 spiro atoms. The van der Waals surface area contributed by atoms with E-state index in [1.54, 1.807) is 60.9 Å². The number of hydrogen-bond donors (Lipinski definition) is 6. The Balaban J connectivity index is 1.05. The largest absolute Gasteiger partial charge is 0.467 e. The van der Waals surface area contributed by atoms with Crippen LogP contribution < -0.4 is 21.3 Å². The second-order valence-electron chi connectivity index (χ2n) is 16.8. The van der Waals surface area contributed by atoms with Crippen molar-refractivity contribution < 1.29 is 38.2 Å². The lowest BCUT2D eigenvalue weighted by Crippen LogP contribution is -2.53. The van der Waals surface area contributed by atoms with Crippen LogP contribution in [-0.4, -0.2) is 83.9 Å². The summed E-state index contributed by atoms with van der Waals surface area (Å²) in [5, 5.41) is 13.3. The van der Waals surface area contributed by atoms with E-state index < -0.39 is 59.7 Å². The SMILES string of the molecule is COC(=O)[C@H](Cc1c[nH]c2ccccc12)NC(=O)[C@H](Cc1ccccc1)NC(=O)c1ccccc1-c1ccccc1C(=O)N[C@@H](Cc1ccccc1)C(=O)N[C@@H](Cc1c[nH]c2ccccc12)C(=O)OC. The number of amides is 4. The summed E-state index contributed by atoms with van der Waals surface area (Å²) in [4.78, 5) is 90.6. The van der Waals surface area contributed by atoms with Gasteiger partial charge in [0.15, 0.2) is 0 Å². The fourth-order valence-corrected chi connectivity index (χ4v) is 8.68. The minimum Gasteiger partial charge on any atom is -0.467 e. The molecule has 0 radical (unpaired) electrons. The topological polar surface area (TPSA) is 201 Å². The quantitative estimate of drug-likeness (QED) is 0.0476. The maximum absolute atomic E-state index is 14.6. The second kappa shape index (κ2) is 22.3. The highest BCUT2D eigenvalue weighted by Gasteiger charge is 2.32. The van der Waals surface area contributed by atoms with E-state index >= 15 is 0 Å². The molecule has 0 bridgehead atoms. The average Bonchev–Trinajstić information content (AvgIpc) is 4.01. The lowest BCUT2D eigenvalue weighted by Gasteiger charge is -2.24. The van der Waals surface area contributed by atoms with E-state index in [0.29, 0.717) is 11.1 Å². The van der Waals surface area contributed by atoms with Crippen LogP contribution in [0.25, 0.3) is 32.9 Å². The normalized spacial score (nSPS) is 12.8. The van der Waals surface area contributed by atoms with Gasteiger partial charge in [0.05, 0.1) is 14.2 Å². The summed E-state index contributed by atoms with van der Waals surface area (Å²) in [6, 6.07) is 42.5. The van der Waals surface area contributed by atoms with E-state index in [0.717, 1.165) is 44.1 Å². The Bertz CT molecular complexity index is 2940. The smallest absolute Gasteiger partial charge is 0.328 e. The van der Waals surface area contributed by atoms with Crippen molar-refractivity contribution in [1.29, 1.82) is 0 Å². The van der Waals surface area contributed by atoms with Gasteiger partial charge >= 0.3 is 11.9 Å². The van der Waals surface area contributed by atoms with Gasteiger partial charge in [-0.1, -0.05) is 133 Å². The molecule has 4 atom stereocenters. The molecule has 6 N–H and O–H groups in total. The van der Waals surface area contributed by atoms with Gasteiger partial charge in [-0.05, 0) is 57.6 Å². The highest BCUT2D eigenvalue weighted by atomic mass is 16.5. The Morgan fingerprint density at radius 2 is 0.771 bits per heavy atom. The number of H-pyrrole nitrogens is 2. The van der Waals surface area contributed by atoms with Crippen LogP contribution in [-0.2, 0) is 54.3 Å². The van der Waals surface area contributed by atoms with Crippen LogP contribution in [0.2, 0.25) is 0 Å².